The van der Waals surface area contributed by atoms with Crippen LogP contribution in [-0.4, -0.2) is 56.6 Å². The van der Waals surface area contributed by atoms with Crippen LogP contribution in [0.25, 0.3) is 22.6 Å². The van der Waals surface area contributed by atoms with Crippen LogP contribution in [0, 0.1) is 0 Å². The number of aldehydes is 1. The molecule has 184 valence electrons. The first kappa shape index (κ1) is 24.4. The van der Waals surface area contributed by atoms with Gasteiger partial charge in [-0.25, -0.2) is 9.97 Å². The molecule has 1 aliphatic heterocycles. The first-order chi connectivity index (χ1) is 17.6. The van der Waals surface area contributed by atoms with Gasteiger partial charge in [-0.15, -0.1) is 11.3 Å². The Morgan fingerprint density at radius 3 is 2.94 bits per heavy atom. The number of fused-ring (bicyclic) bond motifs is 1. The number of aliphatic hydroxyl groups is 1. The molecule has 1 saturated heterocycles. The van der Waals surface area contributed by atoms with Crippen LogP contribution >= 0.6 is 23.1 Å². The fourth-order valence-electron chi connectivity index (χ4n) is 4.26. The summed E-state index contributed by atoms with van der Waals surface area (Å²) in [6.45, 7) is 0.594. The number of carbonyl (C=O) groups is 2. The minimum atomic E-state index is -0.673. The first-order valence-electron chi connectivity index (χ1n) is 11.7. The number of carbonyl (C=O) groups excluding carboxylic acids is 2. The number of thiazole rings is 1. The van der Waals surface area contributed by atoms with Crippen LogP contribution in [0.4, 0.5) is 0 Å². The topological polar surface area (TPSA) is 96.5 Å². The van der Waals surface area contributed by atoms with Crippen LogP contribution in [0.3, 0.4) is 0 Å². The molecule has 0 saturated carbocycles. The molecule has 9 heteroatoms. The normalized spacial score (nSPS) is 16.9. The molecule has 7 nitrogen and oxygen atoms in total. The molecule has 2 atom stereocenters. The molecule has 0 aliphatic carbocycles. The number of aliphatic hydroxyl groups excluding tert-OH is 1. The third-order valence-electron chi connectivity index (χ3n) is 6.02. The van der Waals surface area contributed by atoms with Gasteiger partial charge in [-0.3, -0.25) is 9.59 Å². The van der Waals surface area contributed by atoms with Gasteiger partial charge in [0.1, 0.15) is 11.2 Å². The van der Waals surface area contributed by atoms with Crippen LogP contribution < -0.4 is 0 Å². The lowest BCUT2D eigenvalue weighted by atomic mass is 10.0. The minimum absolute atomic E-state index is 0.0272. The number of benzene rings is 2. The monoisotopic (exact) mass is 519 g/mol. The van der Waals surface area contributed by atoms with Crippen molar-refractivity contribution in [2.75, 3.05) is 12.3 Å². The second-order valence-electron chi connectivity index (χ2n) is 8.54. The fraction of sp³-hybridized carbons (Fsp3) is 0.259. The van der Waals surface area contributed by atoms with Gasteiger partial charge in [0.25, 0.3) is 0 Å². The van der Waals surface area contributed by atoms with Crippen LogP contribution in [-0.2, 0) is 11.2 Å². The number of likely N-dealkylation sites (tertiary alicyclic amines) is 1. The third-order valence-corrected chi connectivity index (χ3v) is 8.04. The number of amides is 1. The highest BCUT2D eigenvalue weighted by molar-refractivity contribution is 8.01. The summed E-state index contributed by atoms with van der Waals surface area (Å²) in [6.07, 6.45) is 5.49. The van der Waals surface area contributed by atoms with E-state index in [1.165, 1.54) is 11.3 Å². The highest BCUT2D eigenvalue weighted by atomic mass is 32.2. The molecule has 0 radical (unpaired) electrons. The average Bonchev–Trinajstić information content (AvgIpc) is 3.62. The SMILES string of the molecule is O=Cc1csc(SCCN2C(=O)CC[C@@H]2/C=C/[C@@H](O)Cc2cccc(-c3nc4ccccc4o3)c2)n1. The predicted molar refractivity (Wildman–Crippen MR) is 141 cm³/mol. The number of para-hydroxylation sites is 2. The number of rotatable bonds is 10. The van der Waals surface area contributed by atoms with Crippen molar-refractivity contribution in [2.24, 2.45) is 0 Å². The van der Waals surface area contributed by atoms with Crippen LogP contribution in [0.5, 0.6) is 0 Å². The molecule has 0 spiro atoms. The fourth-order valence-corrected chi connectivity index (χ4v) is 6.05. The van der Waals surface area contributed by atoms with E-state index in [9.17, 15) is 14.7 Å². The van der Waals surface area contributed by atoms with E-state index in [1.807, 2.05) is 59.5 Å². The Kier molecular flexibility index (Phi) is 7.60. The third kappa shape index (κ3) is 5.75. The van der Waals surface area contributed by atoms with Crippen molar-refractivity contribution in [2.45, 2.75) is 35.7 Å². The van der Waals surface area contributed by atoms with Crippen LogP contribution in [0.1, 0.15) is 28.9 Å². The number of hydrogen-bond donors (Lipinski definition) is 1. The molecule has 0 unspecified atom stereocenters. The zero-order chi connectivity index (χ0) is 24.9. The van der Waals surface area contributed by atoms with E-state index in [4.69, 9.17) is 4.42 Å². The molecule has 1 amide bonds. The van der Waals surface area contributed by atoms with E-state index < -0.39 is 6.10 Å². The largest absolute Gasteiger partial charge is 0.436 e. The summed E-state index contributed by atoms with van der Waals surface area (Å²) in [6, 6.07) is 15.5. The summed E-state index contributed by atoms with van der Waals surface area (Å²) in [5.74, 6) is 1.38. The average molecular weight is 520 g/mol. The van der Waals surface area contributed by atoms with Crippen molar-refractivity contribution < 1.29 is 19.1 Å². The Morgan fingerprint density at radius 2 is 2.11 bits per heavy atom. The highest BCUT2D eigenvalue weighted by Gasteiger charge is 2.28. The van der Waals surface area contributed by atoms with Gasteiger partial charge < -0.3 is 14.4 Å². The number of oxazole rings is 1. The van der Waals surface area contributed by atoms with E-state index in [2.05, 4.69) is 9.97 Å². The molecule has 2 aromatic carbocycles. The van der Waals surface area contributed by atoms with Crippen LogP contribution in [0.2, 0.25) is 0 Å². The molecule has 2 aromatic heterocycles. The molecule has 3 heterocycles. The molecule has 1 fully saturated rings. The van der Waals surface area contributed by atoms with Crippen molar-refractivity contribution in [3.63, 3.8) is 0 Å². The van der Waals surface area contributed by atoms with Gasteiger partial charge in [0, 0.05) is 36.1 Å². The molecule has 5 rings (SSSR count). The molecular formula is C27H25N3O4S2. The molecule has 1 N–H and O–H groups in total. The quantitative estimate of drug-likeness (QED) is 0.179. The van der Waals surface area contributed by atoms with E-state index in [1.54, 1.807) is 23.2 Å². The van der Waals surface area contributed by atoms with Crippen molar-refractivity contribution in [3.8, 4) is 11.5 Å². The Morgan fingerprint density at radius 1 is 1.22 bits per heavy atom. The Hall–Kier alpha value is -3.27. The Balaban J connectivity index is 1.18. The van der Waals surface area contributed by atoms with Gasteiger partial charge in [-0.05, 0) is 36.2 Å². The van der Waals surface area contributed by atoms with Gasteiger partial charge in [-0.2, -0.15) is 0 Å². The second kappa shape index (κ2) is 11.2. The molecule has 36 heavy (non-hydrogen) atoms. The summed E-state index contributed by atoms with van der Waals surface area (Å²) in [5, 5.41) is 12.4. The van der Waals surface area contributed by atoms with E-state index >= 15 is 0 Å². The number of aromatic nitrogens is 2. The van der Waals surface area contributed by atoms with Gasteiger partial charge in [0.05, 0.1) is 12.1 Å². The van der Waals surface area contributed by atoms with Gasteiger partial charge in [0.2, 0.25) is 11.8 Å². The summed E-state index contributed by atoms with van der Waals surface area (Å²) < 4.78 is 6.70. The zero-order valence-electron chi connectivity index (χ0n) is 19.4. The predicted octanol–water partition coefficient (Wildman–Crippen LogP) is 5.01. The molecule has 1 aliphatic rings. The zero-order valence-corrected chi connectivity index (χ0v) is 21.1. The highest BCUT2D eigenvalue weighted by Crippen LogP contribution is 2.27. The molecule has 4 aromatic rings. The Labute approximate surface area is 216 Å². The lowest BCUT2D eigenvalue weighted by Gasteiger charge is -2.22. The number of nitrogens with zero attached hydrogens (tertiary/aromatic N) is 3. The standard InChI is InChI=1S/C27H25N3O4S2/c31-16-20-17-36-27(28-20)35-13-12-30-21(9-11-25(30)33)8-10-22(32)15-18-4-3-5-19(14-18)26-29-23-6-1-2-7-24(23)34-26/h1-8,10,14,16-17,21-22,32H,9,11-13,15H2/b10-8+/t21-,22+/m0/s1. The minimum Gasteiger partial charge on any atom is -0.436 e. The van der Waals surface area contributed by atoms with Gasteiger partial charge in [0.15, 0.2) is 16.2 Å². The summed E-state index contributed by atoms with van der Waals surface area (Å²) >= 11 is 2.98. The van der Waals surface area contributed by atoms with E-state index in [0.29, 0.717) is 36.7 Å². The van der Waals surface area contributed by atoms with E-state index in [-0.39, 0.29) is 11.9 Å². The Bertz CT molecular complexity index is 1360. The van der Waals surface area contributed by atoms with Crippen molar-refractivity contribution in [1.82, 2.24) is 14.9 Å². The second-order valence-corrected chi connectivity index (χ2v) is 10.7. The van der Waals surface area contributed by atoms with Crippen molar-refractivity contribution in [1.29, 1.82) is 0 Å². The first-order valence-corrected chi connectivity index (χ1v) is 13.6. The van der Waals surface area contributed by atoms with Gasteiger partial charge in [-0.1, -0.05) is 48.2 Å². The lowest BCUT2D eigenvalue weighted by Crippen LogP contribution is -2.33. The maximum absolute atomic E-state index is 12.4. The summed E-state index contributed by atoms with van der Waals surface area (Å²) in [4.78, 5) is 33.8. The summed E-state index contributed by atoms with van der Waals surface area (Å²) in [5.41, 5.74) is 3.83. The number of thioether (sulfide) groups is 1. The van der Waals surface area contributed by atoms with Crippen LogP contribution in [0.15, 0.2) is 74.8 Å². The lowest BCUT2D eigenvalue weighted by molar-refractivity contribution is -0.128. The molecular weight excluding hydrogens is 494 g/mol. The molecule has 0 bridgehead atoms. The smallest absolute Gasteiger partial charge is 0.227 e. The van der Waals surface area contributed by atoms with Crippen molar-refractivity contribution in [3.05, 3.63) is 77.3 Å². The maximum atomic E-state index is 12.4. The summed E-state index contributed by atoms with van der Waals surface area (Å²) in [7, 11) is 0. The maximum Gasteiger partial charge on any atom is 0.227 e. The number of hydrogen-bond acceptors (Lipinski definition) is 8. The van der Waals surface area contributed by atoms with E-state index in [0.717, 1.165) is 39.3 Å². The van der Waals surface area contributed by atoms with Crippen molar-refractivity contribution >= 4 is 46.4 Å². The van der Waals surface area contributed by atoms with Gasteiger partial charge >= 0.3 is 0 Å².